The molecule has 0 aliphatic heterocycles. The standard InChI is InChI=1S/C15H9BrO2/c16-10-7-5-9(6-8-10)13-14(17)11-3-1-2-4-12(11)15(13)18/h1-8,17H. The first-order valence-corrected chi connectivity index (χ1v) is 6.31. The predicted octanol–water partition coefficient (Wildman–Crippen LogP) is 4.07. The molecule has 0 heterocycles. The van der Waals surface area contributed by atoms with Crippen molar-refractivity contribution in [2.45, 2.75) is 0 Å². The number of hydrogen-bond donors (Lipinski definition) is 1. The molecule has 0 saturated carbocycles. The van der Waals surface area contributed by atoms with Gasteiger partial charge in [-0.3, -0.25) is 4.79 Å². The fourth-order valence-corrected chi connectivity index (χ4v) is 2.41. The van der Waals surface area contributed by atoms with E-state index in [0.29, 0.717) is 16.7 Å². The zero-order valence-electron chi connectivity index (χ0n) is 9.35. The summed E-state index contributed by atoms with van der Waals surface area (Å²) in [6.45, 7) is 0. The van der Waals surface area contributed by atoms with E-state index in [1.54, 1.807) is 18.2 Å². The van der Waals surface area contributed by atoms with E-state index in [2.05, 4.69) is 15.9 Å². The average Bonchev–Trinajstić information content (AvgIpc) is 2.64. The van der Waals surface area contributed by atoms with Crippen LogP contribution < -0.4 is 0 Å². The molecule has 2 aromatic carbocycles. The van der Waals surface area contributed by atoms with Crippen molar-refractivity contribution in [3.8, 4) is 0 Å². The highest BCUT2D eigenvalue weighted by atomic mass is 79.9. The van der Waals surface area contributed by atoms with Gasteiger partial charge in [0.1, 0.15) is 5.76 Å². The van der Waals surface area contributed by atoms with Crippen LogP contribution in [0.4, 0.5) is 0 Å². The highest BCUT2D eigenvalue weighted by Gasteiger charge is 2.29. The van der Waals surface area contributed by atoms with Crippen LogP contribution in [0.2, 0.25) is 0 Å². The van der Waals surface area contributed by atoms with Crippen LogP contribution in [0.5, 0.6) is 0 Å². The van der Waals surface area contributed by atoms with E-state index in [1.807, 2.05) is 30.3 Å². The van der Waals surface area contributed by atoms with Crippen LogP contribution >= 0.6 is 15.9 Å². The van der Waals surface area contributed by atoms with Gasteiger partial charge in [-0.05, 0) is 17.7 Å². The molecule has 2 aromatic rings. The second kappa shape index (κ2) is 4.10. The van der Waals surface area contributed by atoms with Crippen LogP contribution in [-0.2, 0) is 0 Å². The van der Waals surface area contributed by atoms with Crippen molar-refractivity contribution in [2.75, 3.05) is 0 Å². The minimum Gasteiger partial charge on any atom is -0.507 e. The quantitative estimate of drug-likeness (QED) is 0.862. The molecule has 0 atom stereocenters. The van der Waals surface area contributed by atoms with Crippen molar-refractivity contribution < 1.29 is 9.90 Å². The number of fused-ring (bicyclic) bond motifs is 1. The maximum absolute atomic E-state index is 12.3. The minimum atomic E-state index is -0.120. The Bertz CT molecular complexity index is 669. The van der Waals surface area contributed by atoms with Crippen molar-refractivity contribution >= 4 is 33.0 Å². The van der Waals surface area contributed by atoms with Gasteiger partial charge in [-0.15, -0.1) is 0 Å². The molecule has 0 unspecified atom stereocenters. The first-order valence-electron chi connectivity index (χ1n) is 5.52. The van der Waals surface area contributed by atoms with Crippen LogP contribution in [0.15, 0.2) is 53.0 Å². The van der Waals surface area contributed by atoms with Crippen LogP contribution in [0.25, 0.3) is 11.3 Å². The molecule has 0 spiro atoms. The fourth-order valence-electron chi connectivity index (χ4n) is 2.15. The first-order chi connectivity index (χ1) is 8.68. The van der Waals surface area contributed by atoms with Crippen molar-refractivity contribution in [3.63, 3.8) is 0 Å². The lowest BCUT2D eigenvalue weighted by molar-refractivity contribution is 0.105. The highest BCUT2D eigenvalue weighted by Crippen LogP contribution is 2.36. The summed E-state index contributed by atoms with van der Waals surface area (Å²) in [7, 11) is 0. The van der Waals surface area contributed by atoms with E-state index in [-0.39, 0.29) is 11.5 Å². The van der Waals surface area contributed by atoms with Crippen molar-refractivity contribution in [2.24, 2.45) is 0 Å². The van der Waals surface area contributed by atoms with Gasteiger partial charge in [0.2, 0.25) is 0 Å². The van der Waals surface area contributed by atoms with Crippen molar-refractivity contribution in [1.29, 1.82) is 0 Å². The molecule has 1 aliphatic rings. The highest BCUT2D eigenvalue weighted by molar-refractivity contribution is 9.10. The third-order valence-corrected chi connectivity index (χ3v) is 3.55. The summed E-state index contributed by atoms with van der Waals surface area (Å²) in [5, 5.41) is 10.2. The van der Waals surface area contributed by atoms with Crippen molar-refractivity contribution in [1.82, 2.24) is 0 Å². The number of Topliss-reactive ketones (excluding diaryl/α,β-unsaturated/α-hetero) is 1. The minimum absolute atomic E-state index is 0.0675. The van der Waals surface area contributed by atoms with E-state index in [0.717, 1.165) is 10.0 Å². The van der Waals surface area contributed by atoms with E-state index in [4.69, 9.17) is 0 Å². The Morgan fingerprint density at radius 3 is 2.11 bits per heavy atom. The molecule has 1 aliphatic carbocycles. The van der Waals surface area contributed by atoms with Gasteiger partial charge in [0.15, 0.2) is 5.78 Å². The Morgan fingerprint density at radius 1 is 0.889 bits per heavy atom. The summed E-state index contributed by atoms with van der Waals surface area (Å²) in [4.78, 5) is 12.3. The number of allylic oxidation sites excluding steroid dienone is 1. The zero-order valence-corrected chi connectivity index (χ0v) is 10.9. The Morgan fingerprint density at radius 2 is 1.50 bits per heavy atom. The predicted molar refractivity (Wildman–Crippen MR) is 74.4 cm³/mol. The van der Waals surface area contributed by atoms with E-state index >= 15 is 0 Å². The van der Waals surface area contributed by atoms with Gasteiger partial charge in [0.05, 0.1) is 5.57 Å². The number of aliphatic hydroxyl groups excluding tert-OH is 1. The molecule has 3 rings (SSSR count). The second-order valence-corrected chi connectivity index (χ2v) is 5.02. The third kappa shape index (κ3) is 1.59. The fraction of sp³-hybridized carbons (Fsp3) is 0. The number of hydrogen-bond acceptors (Lipinski definition) is 2. The summed E-state index contributed by atoms with van der Waals surface area (Å²) in [5.74, 6) is -0.0525. The lowest BCUT2D eigenvalue weighted by Gasteiger charge is -2.02. The van der Waals surface area contributed by atoms with E-state index in [1.165, 1.54) is 0 Å². The number of carbonyl (C=O) groups excluding carboxylic acids is 1. The molecule has 0 amide bonds. The molecular weight excluding hydrogens is 292 g/mol. The molecule has 3 heteroatoms. The number of benzene rings is 2. The summed E-state index contributed by atoms with van der Waals surface area (Å²) < 4.78 is 0.939. The maximum atomic E-state index is 12.3. The zero-order chi connectivity index (χ0) is 12.7. The number of carbonyl (C=O) groups is 1. The second-order valence-electron chi connectivity index (χ2n) is 4.11. The Kier molecular flexibility index (Phi) is 2.56. The van der Waals surface area contributed by atoms with Gasteiger partial charge >= 0.3 is 0 Å². The van der Waals surface area contributed by atoms with E-state index in [9.17, 15) is 9.90 Å². The Balaban J connectivity index is 2.18. The maximum Gasteiger partial charge on any atom is 0.198 e. The largest absolute Gasteiger partial charge is 0.507 e. The van der Waals surface area contributed by atoms with Crippen molar-refractivity contribution in [3.05, 3.63) is 69.7 Å². The topological polar surface area (TPSA) is 37.3 Å². The molecule has 88 valence electrons. The molecule has 1 N–H and O–H groups in total. The third-order valence-electron chi connectivity index (χ3n) is 3.02. The van der Waals surface area contributed by atoms with Crippen LogP contribution in [0, 0.1) is 0 Å². The lowest BCUT2D eigenvalue weighted by Crippen LogP contribution is -1.97. The summed E-state index contributed by atoms with van der Waals surface area (Å²) in [6.07, 6.45) is 0. The van der Waals surface area contributed by atoms with E-state index < -0.39 is 0 Å². The van der Waals surface area contributed by atoms with Gasteiger partial charge in [-0.25, -0.2) is 0 Å². The summed E-state index contributed by atoms with van der Waals surface area (Å²) in [6, 6.07) is 14.5. The molecule has 0 bridgehead atoms. The van der Waals surface area contributed by atoms with Gasteiger partial charge in [-0.1, -0.05) is 52.3 Å². The lowest BCUT2D eigenvalue weighted by atomic mass is 10.0. The first kappa shape index (κ1) is 11.2. The smallest absolute Gasteiger partial charge is 0.198 e. The summed E-state index contributed by atoms with van der Waals surface area (Å²) in [5.41, 5.74) is 2.29. The summed E-state index contributed by atoms with van der Waals surface area (Å²) >= 11 is 3.35. The van der Waals surface area contributed by atoms with Crippen LogP contribution in [0.3, 0.4) is 0 Å². The number of aliphatic hydroxyl groups is 1. The normalized spacial score (nSPS) is 13.9. The SMILES string of the molecule is O=C1C(c2ccc(Br)cc2)=C(O)c2ccccc21. The molecule has 18 heavy (non-hydrogen) atoms. The van der Waals surface area contributed by atoms with Crippen LogP contribution in [0.1, 0.15) is 21.5 Å². The molecule has 2 nitrogen and oxygen atoms in total. The number of rotatable bonds is 1. The molecule has 0 saturated heterocycles. The molecule has 0 radical (unpaired) electrons. The molecular formula is C15H9BrO2. The Hall–Kier alpha value is -1.87. The monoisotopic (exact) mass is 300 g/mol. The van der Waals surface area contributed by atoms with Gasteiger partial charge < -0.3 is 5.11 Å². The van der Waals surface area contributed by atoms with Gasteiger partial charge in [-0.2, -0.15) is 0 Å². The number of ketones is 1. The molecule has 0 fully saturated rings. The van der Waals surface area contributed by atoms with Gasteiger partial charge in [0, 0.05) is 15.6 Å². The van der Waals surface area contributed by atoms with Crippen LogP contribution in [-0.4, -0.2) is 10.9 Å². The molecule has 0 aromatic heterocycles. The Labute approximate surface area is 113 Å². The van der Waals surface area contributed by atoms with Gasteiger partial charge in [0.25, 0.3) is 0 Å². The average molecular weight is 301 g/mol. The number of halogens is 1.